The van der Waals surface area contributed by atoms with Crippen LogP contribution in [0.25, 0.3) is 11.1 Å². The number of primary amides is 1. The van der Waals surface area contributed by atoms with Crippen LogP contribution in [0.2, 0.25) is 5.02 Å². The molecule has 0 spiro atoms. The van der Waals surface area contributed by atoms with Gasteiger partial charge in [-0.25, -0.2) is 8.78 Å². The van der Waals surface area contributed by atoms with Gasteiger partial charge in [-0.05, 0) is 31.5 Å². The maximum atomic E-state index is 15.8. The first-order valence-corrected chi connectivity index (χ1v) is 11.1. The smallest absolute Gasteiger partial charge is 0.249 e. The highest BCUT2D eigenvalue weighted by Crippen LogP contribution is 2.53. The van der Waals surface area contributed by atoms with Crippen LogP contribution in [0.1, 0.15) is 54.3 Å². The molecule has 1 amide bonds. The number of hydrogen-bond donors (Lipinski definition) is 2. The summed E-state index contributed by atoms with van der Waals surface area (Å²) in [5.74, 6) is -3.06. The van der Waals surface area contributed by atoms with Gasteiger partial charge in [0.25, 0.3) is 0 Å². The van der Waals surface area contributed by atoms with Crippen molar-refractivity contribution in [2.45, 2.75) is 38.4 Å². The van der Waals surface area contributed by atoms with Crippen molar-refractivity contribution < 1.29 is 28.2 Å². The van der Waals surface area contributed by atoms with E-state index in [4.69, 9.17) is 26.8 Å². The van der Waals surface area contributed by atoms with E-state index in [1.807, 2.05) is 37.3 Å². The van der Waals surface area contributed by atoms with Crippen LogP contribution in [0, 0.1) is 11.6 Å². The maximum absolute atomic E-state index is 15.8. The van der Waals surface area contributed by atoms with Crippen LogP contribution in [0.3, 0.4) is 0 Å². The first-order valence-electron chi connectivity index (χ1n) is 10.7. The van der Waals surface area contributed by atoms with Crippen LogP contribution in [0.4, 0.5) is 8.78 Å². The third-order valence-corrected chi connectivity index (χ3v) is 6.09. The molecule has 1 heterocycles. The zero-order chi connectivity index (χ0) is 24.8. The summed E-state index contributed by atoms with van der Waals surface area (Å²) < 4.78 is 42.3. The number of ether oxygens (including phenoxy) is 2. The predicted molar refractivity (Wildman–Crippen MR) is 125 cm³/mol. The summed E-state index contributed by atoms with van der Waals surface area (Å²) in [5.41, 5.74) is 5.15. The number of benzene rings is 3. The Morgan fingerprint density at radius 1 is 1.18 bits per heavy atom. The van der Waals surface area contributed by atoms with Crippen molar-refractivity contribution in [1.82, 2.24) is 0 Å². The van der Waals surface area contributed by atoms with E-state index in [1.54, 1.807) is 0 Å². The van der Waals surface area contributed by atoms with Crippen molar-refractivity contribution in [2.24, 2.45) is 5.73 Å². The molecule has 0 fully saturated rings. The van der Waals surface area contributed by atoms with E-state index in [9.17, 15) is 14.3 Å². The molecule has 0 saturated heterocycles. The molecule has 178 valence electrons. The fraction of sp³-hybridized carbons (Fsp3) is 0.269. The molecule has 0 aliphatic carbocycles. The highest BCUT2D eigenvalue weighted by atomic mass is 35.5. The largest absolute Gasteiger partial charge is 0.488 e. The summed E-state index contributed by atoms with van der Waals surface area (Å²) in [7, 11) is 0. The number of carbonyl (C=O) groups excluding carboxylic acids is 1. The number of fused-ring (bicyclic) bond motifs is 1. The van der Waals surface area contributed by atoms with E-state index in [0.717, 1.165) is 11.6 Å². The first kappa shape index (κ1) is 24.0. The molecular weight excluding hydrogens is 464 g/mol. The third-order valence-electron chi connectivity index (χ3n) is 5.72. The summed E-state index contributed by atoms with van der Waals surface area (Å²) in [6.07, 6.45) is -0.470. The van der Waals surface area contributed by atoms with Gasteiger partial charge in [0.1, 0.15) is 24.3 Å². The van der Waals surface area contributed by atoms with Crippen molar-refractivity contribution in [3.05, 3.63) is 81.9 Å². The highest BCUT2D eigenvalue weighted by Gasteiger charge is 2.38. The van der Waals surface area contributed by atoms with Gasteiger partial charge in [0, 0.05) is 28.7 Å². The monoisotopic (exact) mass is 487 g/mol. The summed E-state index contributed by atoms with van der Waals surface area (Å²) >= 11 is 6.39. The Kier molecular flexibility index (Phi) is 6.27. The molecule has 0 saturated carbocycles. The van der Waals surface area contributed by atoms with Crippen LogP contribution in [-0.2, 0) is 0 Å². The number of nitrogens with two attached hydrogens (primary N) is 1. The number of carbonyl (C=O) groups is 1. The molecule has 3 aromatic carbocycles. The Hall–Kier alpha value is -3.16. The van der Waals surface area contributed by atoms with Crippen molar-refractivity contribution >= 4 is 17.5 Å². The zero-order valence-electron chi connectivity index (χ0n) is 18.9. The van der Waals surface area contributed by atoms with E-state index in [1.165, 1.54) is 26.0 Å². The molecular formula is C26H24ClF2NO4. The van der Waals surface area contributed by atoms with Gasteiger partial charge in [0.15, 0.2) is 11.6 Å². The molecule has 3 N–H and O–H groups in total. The van der Waals surface area contributed by atoms with Crippen molar-refractivity contribution in [1.29, 1.82) is 0 Å². The molecule has 1 unspecified atom stereocenters. The van der Waals surface area contributed by atoms with Gasteiger partial charge < -0.3 is 20.3 Å². The fourth-order valence-corrected chi connectivity index (χ4v) is 4.42. The van der Waals surface area contributed by atoms with Crippen molar-refractivity contribution in [3.8, 4) is 22.6 Å². The molecule has 3 aromatic rings. The van der Waals surface area contributed by atoms with E-state index >= 15 is 4.39 Å². The molecule has 1 aliphatic heterocycles. The van der Waals surface area contributed by atoms with E-state index < -0.39 is 29.2 Å². The summed E-state index contributed by atoms with van der Waals surface area (Å²) in [6.45, 7) is 4.65. The quantitative estimate of drug-likeness (QED) is 0.462. The van der Waals surface area contributed by atoms with Crippen molar-refractivity contribution in [2.75, 3.05) is 6.61 Å². The number of halogens is 3. The SMILES string of the molecule is C[C@H]1c2c(cc(F)c(Cl)c2-c2c(C(N)=O)ccc(OCC(C)(C)O)c2F)OC1c1ccccc1. The van der Waals surface area contributed by atoms with Crippen LogP contribution < -0.4 is 15.2 Å². The Bertz CT molecular complexity index is 1260. The third kappa shape index (κ3) is 4.33. The standard InChI is InChI=1S/C26H24ClF2NO4/c1-13-19-18(34-24(13)14-7-5-4-6-8-14)11-16(28)22(27)21(19)20-15(25(30)31)9-10-17(23(20)29)33-12-26(2,3)32/h4-11,13,24,32H,12H2,1-3H3,(H2,30,31)/t13-,24?/m0/s1. The number of aliphatic hydroxyl groups is 1. The van der Waals surface area contributed by atoms with Crippen LogP contribution in [-0.4, -0.2) is 23.2 Å². The van der Waals surface area contributed by atoms with Gasteiger partial charge in [-0.3, -0.25) is 4.79 Å². The maximum Gasteiger partial charge on any atom is 0.249 e. The number of rotatable bonds is 6. The lowest BCUT2D eigenvalue weighted by Gasteiger charge is -2.21. The molecule has 0 bridgehead atoms. The molecule has 34 heavy (non-hydrogen) atoms. The average Bonchev–Trinajstić information content (AvgIpc) is 3.09. The Morgan fingerprint density at radius 3 is 2.47 bits per heavy atom. The average molecular weight is 488 g/mol. The summed E-state index contributed by atoms with van der Waals surface area (Å²) in [6, 6.07) is 13.0. The van der Waals surface area contributed by atoms with E-state index in [2.05, 4.69) is 0 Å². The number of amides is 1. The molecule has 1 aliphatic rings. The van der Waals surface area contributed by atoms with Gasteiger partial charge in [-0.2, -0.15) is 0 Å². The molecule has 4 rings (SSSR count). The topological polar surface area (TPSA) is 81.8 Å². The van der Waals surface area contributed by atoms with Gasteiger partial charge in [-0.1, -0.05) is 48.9 Å². The van der Waals surface area contributed by atoms with E-state index in [0.29, 0.717) is 5.56 Å². The fourth-order valence-electron chi connectivity index (χ4n) is 4.17. The second kappa shape index (κ2) is 8.89. The minimum Gasteiger partial charge on any atom is -0.488 e. The second-order valence-corrected chi connectivity index (χ2v) is 9.34. The molecule has 2 atom stereocenters. The lowest BCUT2D eigenvalue weighted by Crippen LogP contribution is -2.28. The van der Waals surface area contributed by atoms with Gasteiger partial charge >= 0.3 is 0 Å². The van der Waals surface area contributed by atoms with Crippen LogP contribution in [0.5, 0.6) is 11.5 Å². The normalized spacial score (nSPS) is 17.3. The van der Waals surface area contributed by atoms with Gasteiger partial charge in [0.2, 0.25) is 5.91 Å². The Morgan fingerprint density at radius 2 is 1.85 bits per heavy atom. The zero-order valence-corrected chi connectivity index (χ0v) is 19.6. The van der Waals surface area contributed by atoms with Gasteiger partial charge in [-0.15, -0.1) is 0 Å². The second-order valence-electron chi connectivity index (χ2n) is 8.96. The lowest BCUT2D eigenvalue weighted by molar-refractivity contribution is 0.0272. The minimum atomic E-state index is -1.24. The highest BCUT2D eigenvalue weighted by molar-refractivity contribution is 6.34. The van der Waals surface area contributed by atoms with Crippen LogP contribution in [0.15, 0.2) is 48.5 Å². The molecule has 5 nitrogen and oxygen atoms in total. The molecule has 0 aromatic heterocycles. The first-order chi connectivity index (χ1) is 16.0. The summed E-state index contributed by atoms with van der Waals surface area (Å²) in [4.78, 5) is 12.2. The Labute approximate surface area is 201 Å². The summed E-state index contributed by atoms with van der Waals surface area (Å²) in [5, 5.41) is 9.61. The van der Waals surface area contributed by atoms with Crippen LogP contribution >= 0.6 is 11.6 Å². The van der Waals surface area contributed by atoms with Gasteiger partial charge in [0.05, 0.1) is 16.2 Å². The minimum absolute atomic E-state index is 0.0115. The van der Waals surface area contributed by atoms with Crippen molar-refractivity contribution in [3.63, 3.8) is 0 Å². The molecule has 8 heteroatoms. The Balaban J connectivity index is 1.93. The lowest BCUT2D eigenvalue weighted by atomic mass is 9.85. The number of hydrogen-bond acceptors (Lipinski definition) is 4. The predicted octanol–water partition coefficient (Wildman–Crippen LogP) is 5.77. The van der Waals surface area contributed by atoms with E-state index in [-0.39, 0.29) is 45.7 Å². The molecule has 0 radical (unpaired) electrons.